The number of fused-ring (bicyclic) bond motifs is 10. The van der Waals surface area contributed by atoms with Crippen molar-refractivity contribution >= 4 is 35.9 Å². The lowest BCUT2D eigenvalue weighted by atomic mass is 9.97. The summed E-state index contributed by atoms with van der Waals surface area (Å²) in [5.41, 5.74) is 1.00. The lowest BCUT2D eigenvalue weighted by molar-refractivity contribution is -0.125. The molecule has 3 aliphatic rings. The molecule has 0 spiro atoms. The Morgan fingerprint density at radius 3 is 1.17 bits per heavy atom. The van der Waals surface area contributed by atoms with Gasteiger partial charge in [0.2, 0.25) is 11.8 Å². The van der Waals surface area contributed by atoms with Crippen molar-refractivity contribution in [2.45, 2.75) is 159 Å². The second-order valence-corrected chi connectivity index (χ2v) is 21.6. The molecule has 0 unspecified atom stereocenters. The molecule has 4 atom stereocenters. The quantitative estimate of drug-likeness (QED) is 0.106. The smallest absolute Gasteiger partial charge is 0.428 e. The second kappa shape index (κ2) is 20.3. The second-order valence-electron chi connectivity index (χ2n) is 21.6. The van der Waals surface area contributed by atoms with Gasteiger partial charge in [-0.2, -0.15) is 0 Å². The Labute approximate surface area is 410 Å². The van der Waals surface area contributed by atoms with Gasteiger partial charge in [-0.15, -0.1) is 0 Å². The summed E-state index contributed by atoms with van der Waals surface area (Å²) >= 11 is 0. The molecule has 0 radical (unpaired) electrons. The number of aromatic nitrogens is 4. The minimum atomic E-state index is -1.03. The molecule has 4 amide bonds. The van der Waals surface area contributed by atoms with E-state index in [0.29, 0.717) is 45.3 Å². The monoisotopic (exact) mass is 967 g/mol. The number of ether oxygens (including phenoxy) is 4. The Hall–Kier alpha value is -6.72. The van der Waals surface area contributed by atoms with Gasteiger partial charge in [-0.3, -0.25) is 19.2 Å². The van der Waals surface area contributed by atoms with Crippen LogP contribution in [0.2, 0.25) is 0 Å². The highest BCUT2D eigenvalue weighted by Crippen LogP contribution is 2.40. The zero-order chi connectivity index (χ0) is 51.9. The standard InChI is InChI=1S/C52H70N8O10/c1-25(2)37-43-53-41-29(9)59(43)23-31-17-19-35(67-49(65)69-51(11,12)13)33(21-31)34-22-32(18-20-36(34)68-50(66)70-52(14,15)16)24-60-30(10)42(48(64)57-39(27(5)6)45(61)55-37)54-44(60)38(26(3)4)56-46(62)40(28(7)8)58-47(41)63/h17-22,25-28,37-40H,23-24H2,1-16H3,(H,55,61)(H,56,62)(H,57,64)(H,58,63)/t37-,38-,39-,40-/m0/s1. The molecule has 0 aliphatic carbocycles. The van der Waals surface area contributed by atoms with Crippen molar-refractivity contribution in [1.29, 1.82) is 0 Å². The third-order valence-electron chi connectivity index (χ3n) is 12.1. The zero-order valence-electron chi connectivity index (χ0n) is 43.4. The first-order chi connectivity index (χ1) is 32.5. The Balaban J connectivity index is 1.76. The third-order valence-corrected chi connectivity index (χ3v) is 12.1. The molecule has 4 N–H and O–H groups in total. The summed E-state index contributed by atoms with van der Waals surface area (Å²) in [6, 6.07) is 6.60. The summed E-state index contributed by atoms with van der Waals surface area (Å²) in [6.07, 6.45) is -1.96. The van der Waals surface area contributed by atoms with Crippen LogP contribution in [0.1, 0.15) is 164 Å². The van der Waals surface area contributed by atoms with Gasteiger partial charge in [0.25, 0.3) is 11.8 Å². The van der Waals surface area contributed by atoms with Gasteiger partial charge in [-0.25, -0.2) is 19.6 Å². The van der Waals surface area contributed by atoms with Crippen LogP contribution in [-0.4, -0.2) is 78.3 Å². The van der Waals surface area contributed by atoms with Gasteiger partial charge in [0.1, 0.15) is 57.8 Å². The summed E-state index contributed by atoms with van der Waals surface area (Å²) < 4.78 is 26.8. The maximum atomic E-state index is 14.6. The number of imidazole rings is 2. The molecule has 0 saturated heterocycles. The van der Waals surface area contributed by atoms with Gasteiger partial charge >= 0.3 is 12.3 Å². The van der Waals surface area contributed by atoms with Crippen LogP contribution >= 0.6 is 0 Å². The van der Waals surface area contributed by atoms with E-state index < -0.39 is 71.3 Å². The van der Waals surface area contributed by atoms with E-state index in [-0.39, 0.29) is 59.6 Å². The number of nitrogens with zero attached hydrogens (tertiary/aromatic N) is 4. The predicted octanol–water partition coefficient (Wildman–Crippen LogP) is 8.25. The van der Waals surface area contributed by atoms with Gasteiger partial charge in [0.15, 0.2) is 0 Å². The van der Waals surface area contributed by atoms with Gasteiger partial charge in [-0.05, 0) is 114 Å². The highest BCUT2D eigenvalue weighted by Gasteiger charge is 2.37. The fourth-order valence-electron chi connectivity index (χ4n) is 8.49. The molecule has 378 valence electrons. The average molecular weight is 967 g/mol. The summed E-state index contributed by atoms with van der Waals surface area (Å²) in [5, 5.41) is 12.3. The minimum Gasteiger partial charge on any atom is -0.428 e. The van der Waals surface area contributed by atoms with E-state index in [1.165, 1.54) is 0 Å². The van der Waals surface area contributed by atoms with Crippen LogP contribution in [0.15, 0.2) is 36.4 Å². The van der Waals surface area contributed by atoms with E-state index in [4.69, 9.17) is 28.9 Å². The molecule has 0 saturated carbocycles. The van der Waals surface area contributed by atoms with Crippen LogP contribution < -0.4 is 30.7 Å². The maximum absolute atomic E-state index is 14.6. The zero-order valence-corrected chi connectivity index (χ0v) is 43.4. The average Bonchev–Trinajstić information content (AvgIpc) is 3.72. The van der Waals surface area contributed by atoms with Crippen molar-refractivity contribution in [3.63, 3.8) is 0 Å². The van der Waals surface area contributed by atoms with Gasteiger partial charge < -0.3 is 49.3 Å². The van der Waals surface area contributed by atoms with Crippen molar-refractivity contribution in [2.75, 3.05) is 0 Å². The van der Waals surface area contributed by atoms with Crippen LogP contribution in [0.25, 0.3) is 11.1 Å². The van der Waals surface area contributed by atoms with Crippen molar-refractivity contribution in [3.05, 3.63) is 81.9 Å². The van der Waals surface area contributed by atoms with Crippen LogP contribution in [0, 0.1) is 37.5 Å². The number of nitrogens with one attached hydrogen (secondary N) is 4. The molecule has 7 rings (SSSR count). The molecule has 10 bridgehead atoms. The lowest BCUT2D eigenvalue weighted by Crippen LogP contribution is -2.52. The Bertz CT molecular complexity index is 2500. The lowest BCUT2D eigenvalue weighted by Gasteiger charge is -2.28. The molecule has 5 heterocycles. The van der Waals surface area contributed by atoms with Crippen molar-refractivity contribution < 1.29 is 47.7 Å². The largest absolute Gasteiger partial charge is 0.514 e. The molecule has 0 fully saturated rings. The maximum Gasteiger partial charge on any atom is 0.514 e. The SMILES string of the molecule is Cc1c2nc3n1Cc1ccc(OC(=O)OC(C)(C)C)c(c1)-c1cc(ccc1OC(=O)OC(C)(C)C)Cn1c(nc(c1C)C(=O)N[C@@H](C(C)C)C(=O)N[C@H]3C(C)C)[C@H](C(C)C)NC(=O)[C@H](C(C)C)NC2=O. The van der Waals surface area contributed by atoms with Gasteiger partial charge in [-0.1, -0.05) is 67.5 Å². The minimum absolute atomic E-state index is 0.0307. The fraction of sp³-hybridized carbons (Fsp3) is 0.538. The van der Waals surface area contributed by atoms with Crippen molar-refractivity contribution in [3.8, 4) is 22.6 Å². The molecule has 18 nitrogen and oxygen atoms in total. The highest BCUT2D eigenvalue weighted by atomic mass is 16.7. The summed E-state index contributed by atoms with van der Waals surface area (Å²) in [7, 11) is 0. The number of rotatable bonds is 6. The molecular weight excluding hydrogens is 897 g/mol. The summed E-state index contributed by atoms with van der Waals surface area (Å²) in [6.45, 7) is 28.9. The molecule has 2 aromatic carbocycles. The molecule has 70 heavy (non-hydrogen) atoms. The topological polar surface area (TPSA) is 223 Å². The van der Waals surface area contributed by atoms with E-state index >= 15 is 0 Å². The normalized spacial score (nSPS) is 19.1. The van der Waals surface area contributed by atoms with Crippen LogP contribution in [0.4, 0.5) is 9.59 Å². The first-order valence-electron chi connectivity index (χ1n) is 24.0. The molecule has 3 aliphatic heterocycles. The van der Waals surface area contributed by atoms with Crippen molar-refractivity contribution in [1.82, 2.24) is 40.4 Å². The summed E-state index contributed by atoms with van der Waals surface area (Å²) in [4.78, 5) is 95.3. The Morgan fingerprint density at radius 2 is 0.871 bits per heavy atom. The Morgan fingerprint density at radius 1 is 0.543 bits per heavy atom. The van der Waals surface area contributed by atoms with E-state index in [0.717, 1.165) is 0 Å². The van der Waals surface area contributed by atoms with Gasteiger partial charge in [0.05, 0.1) is 12.1 Å². The predicted molar refractivity (Wildman–Crippen MR) is 261 cm³/mol. The Kier molecular flexibility index (Phi) is 15.3. The third kappa shape index (κ3) is 11.8. The number of carbonyl (C=O) groups excluding carboxylic acids is 6. The molecule has 4 aromatic rings. The van der Waals surface area contributed by atoms with Crippen LogP contribution in [0.3, 0.4) is 0 Å². The van der Waals surface area contributed by atoms with Gasteiger partial charge in [0, 0.05) is 35.6 Å². The number of benzene rings is 2. The molecule has 18 heteroatoms. The number of hydrogen-bond acceptors (Lipinski definition) is 12. The fourth-order valence-corrected chi connectivity index (χ4v) is 8.49. The number of hydrogen-bond donors (Lipinski definition) is 4. The summed E-state index contributed by atoms with van der Waals surface area (Å²) in [5.74, 6) is -2.72. The van der Waals surface area contributed by atoms with E-state index in [9.17, 15) is 28.8 Å². The van der Waals surface area contributed by atoms with E-state index in [1.807, 2.05) is 64.5 Å². The first kappa shape index (κ1) is 52.6. The first-order valence-corrected chi connectivity index (χ1v) is 24.0. The van der Waals surface area contributed by atoms with Crippen molar-refractivity contribution in [2.24, 2.45) is 23.7 Å². The molecule has 2 aromatic heterocycles. The van der Waals surface area contributed by atoms with Crippen LogP contribution in [-0.2, 0) is 32.2 Å². The molecular formula is C52H70N8O10. The number of carbonyl (C=O) groups is 6. The van der Waals surface area contributed by atoms with Crippen LogP contribution in [0.5, 0.6) is 11.5 Å². The highest BCUT2D eigenvalue weighted by molar-refractivity contribution is 5.98. The van der Waals surface area contributed by atoms with E-state index in [1.54, 1.807) is 91.8 Å². The van der Waals surface area contributed by atoms with E-state index in [2.05, 4.69) is 21.3 Å². The number of amides is 4.